The van der Waals surface area contributed by atoms with E-state index in [0.29, 0.717) is 6.04 Å². The maximum Gasteiger partial charge on any atom is 0.159 e. The van der Waals surface area contributed by atoms with E-state index in [-0.39, 0.29) is 11.9 Å². The van der Waals surface area contributed by atoms with E-state index in [9.17, 15) is 4.79 Å². The Morgan fingerprint density at radius 1 is 1.32 bits per heavy atom. The highest BCUT2D eigenvalue weighted by Gasteiger charge is 2.22. The number of carbonyl (C=O) groups is 1. The van der Waals surface area contributed by atoms with Crippen LogP contribution in [0.4, 0.5) is 0 Å². The number of carbonyl (C=O) groups excluding carboxylic acids is 1. The first-order chi connectivity index (χ1) is 9.06. The quantitative estimate of drug-likeness (QED) is 0.780. The molecule has 1 aliphatic heterocycles. The molecule has 0 saturated carbocycles. The highest BCUT2D eigenvalue weighted by Crippen LogP contribution is 2.21. The number of piperidine rings is 1. The van der Waals surface area contributed by atoms with Crippen LogP contribution in [0.3, 0.4) is 0 Å². The van der Waals surface area contributed by atoms with Crippen molar-refractivity contribution in [1.82, 2.24) is 4.90 Å². The Morgan fingerprint density at radius 2 is 2.00 bits per heavy atom. The zero-order valence-corrected chi connectivity index (χ0v) is 12.1. The minimum atomic E-state index is 0.0834. The van der Waals surface area contributed by atoms with Crippen LogP contribution in [0.2, 0.25) is 0 Å². The standard InChI is InChI=1S/C16H23NO2/c1-12(2)17-9-7-15(8-10-17)19-16-6-4-5-14(11-16)13(3)18/h4-6,11-12,15H,7-10H2,1-3H3. The number of hydrogen-bond donors (Lipinski definition) is 0. The fourth-order valence-electron chi connectivity index (χ4n) is 2.49. The van der Waals surface area contributed by atoms with Crippen LogP contribution in [0.5, 0.6) is 5.75 Å². The molecule has 1 aromatic rings. The monoisotopic (exact) mass is 261 g/mol. The molecule has 1 aliphatic rings. The minimum absolute atomic E-state index is 0.0834. The summed E-state index contributed by atoms with van der Waals surface area (Å²) in [5, 5.41) is 0. The van der Waals surface area contributed by atoms with Crippen LogP contribution in [0.15, 0.2) is 24.3 Å². The minimum Gasteiger partial charge on any atom is -0.490 e. The molecule has 104 valence electrons. The van der Waals surface area contributed by atoms with Crippen molar-refractivity contribution in [2.75, 3.05) is 13.1 Å². The summed E-state index contributed by atoms with van der Waals surface area (Å²) >= 11 is 0. The summed E-state index contributed by atoms with van der Waals surface area (Å²) in [6.07, 6.45) is 2.39. The fourth-order valence-corrected chi connectivity index (χ4v) is 2.49. The van der Waals surface area contributed by atoms with Gasteiger partial charge in [-0.3, -0.25) is 4.79 Å². The van der Waals surface area contributed by atoms with Crippen molar-refractivity contribution < 1.29 is 9.53 Å². The number of ketones is 1. The van der Waals surface area contributed by atoms with Crippen molar-refractivity contribution in [3.05, 3.63) is 29.8 Å². The molecule has 0 spiro atoms. The molecule has 2 rings (SSSR count). The Balaban J connectivity index is 1.92. The number of likely N-dealkylation sites (tertiary alicyclic amines) is 1. The third kappa shape index (κ3) is 3.80. The number of ether oxygens (including phenoxy) is 1. The molecule has 3 heteroatoms. The van der Waals surface area contributed by atoms with Crippen molar-refractivity contribution in [1.29, 1.82) is 0 Å². The molecule has 19 heavy (non-hydrogen) atoms. The predicted molar refractivity (Wildman–Crippen MR) is 76.8 cm³/mol. The summed E-state index contributed by atoms with van der Waals surface area (Å²) < 4.78 is 6.00. The van der Waals surface area contributed by atoms with Gasteiger partial charge in [0.15, 0.2) is 5.78 Å². The highest BCUT2D eigenvalue weighted by molar-refractivity contribution is 5.94. The number of nitrogens with zero attached hydrogens (tertiary/aromatic N) is 1. The zero-order chi connectivity index (χ0) is 13.8. The van der Waals surface area contributed by atoms with E-state index < -0.39 is 0 Å². The largest absolute Gasteiger partial charge is 0.490 e. The summed E-state index contributed by atoms with van der Waals surface area (Å²) in [4.78, 5) is 13.8. The molecule has 1 aromatic carbocycles. The Hall–Kier alpha value is -1.35. The van der Waals surface area contributed by atoms with Crippen molar-refractivity contribution in [3.63, 3.8) is 0 Å². The van der Waals surface area contributed by atoms with Crippen molar-refractivity contribution >= 4 is 5.78 Å². The Morgan fingerprint density at radius 3 is 2.58 bits per heavy atom. The van der Waals surface area contributed by atoms with Gasteiger partial charge in [-0.2, -0.15) is 0 Å². The Kier molecular flexibility index (Phi) is 4.59. The van der Waals surface area contributed by atoms with E-state index in [1.54, 1.807) is 6.92 Å². The van der Waals surface area contributed by atoms with Gasteiger partial charge in [0.25, 0.3) is 0 Å². The molecule has 0 aromatic heterocycles. The van der Waals surface area contributed by atoms with E-state index in [1.807, 2.05) is 24.3 Å². The lowest BCUT2D eigenvalue weighted by Gasteiger charge is -2.34. The Labute approximate surface area is 115 Å². The van der Waals surface area contributed by atoms with E-state index in [4.69, 9.17) is 4.74 Å². The lowest BCUT2D eigenvalue weighted by Crippen LogP contribution is -2.41. The van der Waals surface area contributed by atoms with Gasteiger partial charge >= 0.3 is 0 Å². The summed E-state index contributed by atoms with van der Waals surface area (Å²) in [6, 6.07) is 8.10. The van der Waals surface area contributed by atoms with E-state index in [1.165, 1.54) is 0 Å². The van der Waals surface area contributed by atoms with Gasteiger partial charge < -0.3 is 9.64 Å². The summed E-state index contributed by atoms with van der Waals surface area (Å²) in [6.45, 7) is 8.23. The lowest BCUT2D eigenvalue weighted by molar-refractivity contribution is 0.0840. The topological polar surface area (TPSA) is 29.5 Å². The first kappa shape index (κ1) is 14.1. The smallest absolute Gasteiger partial charge is 0.159 e. The zero-order valence-electron chi connectivity index (χ0n) is 12.1. The van der Waals surface area contributed by atoms with Gasteiger partial charge in [-0.1, -0.05) is 12.1 Å². The van der Waals surface area contributed by atoms with Crippen LogP contribution in [0.25, 0.3) is 0 Å². The molecule has 1 fully saturated rings. The molecule has 1 heterocycles. The molecule has 0 N–H and O–H groups in total. The third-order valence-corrected chi connectivity index (χ3v) is 3.75. The maximum absolute atomic E-state index is 11.3. The van der Waals surface area contributed by atoms with Gasteiger partial charge in [0.05, 0.1) is 0 Å². The molecule has 0 unspecified atom stereocenters. The predicted octanol–water partition coefficient (Wildman–Crippen LogP) is 3.14. The summed E-state index contributed by atoms with van der Waals surface area (Å²) in [5.41, 5.74) is 0.720. The second-order valence-corrected chi connectivity index (χ2v) is 5.53. The summed E-state index contributed by atoms with van der Waals surface area (Å²) in [5.74, 6) is 0.899. The van der Waals surface area contributed by atoms with Crippen molar-refractivity contribution in [2.45, 2.75) is 45.8 Å². The van der Waals surface area contributed by atoms with Crippen molar-refractivity contribution in [2.24, 2.45) is 0 Å². The second kappa shape index (κ2) is 6.20. The lowest BCUT2D eigenvalue weighted by atomic mass is 10.1. The highest BCUT2D eigenvalue weighted by atomic mass is 16.5. The molecule has 0 radical (unpaired) electrons. The fraction of sp³-hybridized carbons (Fsp3) is 0.562. The molecular formula is C16H23NO2. The van der Waals surface area contributed by atoms with Gasteiger partial charge in [-0.25, -0.2) is 0 Å². The first-order valence-corrected chi connectivity index (χ1v) is 7.08. The molecule has 1 saturated heterocycles. The van der Waals surface area contributed by atoms with Gasteiger partial charge in [0.2, 0.25) is 0 Å². The molecule has 0 amide bonds. The molecule has 3 nitrogen and oxygen atoms in total. The number of hydrogen-bond acceptors (Lipinski definition) is 3. The van der Waals surface area contributed by atoms with E-state index in [0.717, 1.165) is 37.2 Å². The van der Waals surface area contributed by atoms with Crippen LogP contribution >= 0.6 is 0 Å². The molecule has 0 bridgehead atoms. The van der Waals surface area contributed by atoms with E-state index >= 15 is 0 Å². The second-order valence-electron chi connectivity index (χ2n) is 5.53. The van der Waals surface area contributed by atoms with Crippen LogP contribution in [-0.4, -0.2) is 35.9 Å². The maximum atomic E-state index is 11.3. The number of Topliss-reactive ketones (excluding diaryl/α,β-unsaturated/α-hetero) is 1. The Bertz CT molecular complexity index is 434. The normalized spacial score (nSPS) is 17.7. The van der Waals surface area contributed by atoms with Gasteiger partial charge in [0.1, 0.15) is 11.9 Å². The number of rotatable bonds is 4. The van der Waals surface area contributed by atoms with Crippen molar-refractivity contribution in [3.8, 4) is 5.75 Å². The van der Waals surface area contributed by atoms with Gasteiger partial charge in [-0.05, 0) is 45.7 Å². The van der Waals surface area contributed by atoms with Crippen LogP contribution in [0, 0.1) is 0 Å². The van der Waals surface area contributed by atoms with Gasteiger partial charge in [-0.15, -0.1) is 0 Å². The average molecular weight is 261 g/mol. The number of benzene rings is 1. The van der Waals surface area contributed by atoms with Crippen LogP contribution in [-0.2, 0) is 0 Å². The van der Waals surface area contributed by atoms with Crippen LogP contribution < -0.4 is 4.74 Å². The molecular weight excluding hydrogens is 238 g/mol. The van der Waals surface area contributed by atoms with E-state index in [2.05, 4.69) is 18.7 Å². The molecule has 0 aliphatic carbocycles. The summed E-state index contributed by atoms with van der Waals surface area (Å²) in [7, 11) is 0. The van der Waals surface area contributed by atoms with Gasteiger partial charge in [0, 0.05) is 24.7 Å². The third-order valence-electron chi connectivity index (χ3n) is 3.75. The molecule has 0 atom stereocenters. The SMILES string of the molecule is CC(=O)c1cccc(OC2CCN(C(C)C)CC2)c1. The first-order valence-electron chi connectivity index (χ1n) is 7.08. The average Bonchev–Trinajstić information content (AvgIpc) is 2.39. The van der Waals surface area contributed by atoms with Crippen LogP contribution in [0.1, 0.15) is 44.0 Å².